The second kappa shape index (κ2) is 6.97. The molecule has 1 saturated carbocycles. The maximum Gasteiger partial charge on any atom is 0.148 e. The van der Waals surface area contributed by atoms with Crippen LogP contribution >= 0.6 is 0 Å². The average molecular weight is 319 g/mol. The van der Waals surface area contributed by atoms with Gasteiger partial charge in [0, 0.05) is 24.9 Å². The summed E-state index contributed by atoms with van der Waals surface area (Å²) in [7, 11) is -0.882. The molecule has 1 aliphatic carbocycles. The van der Waals surface area contributed by atoms with Crippen LogP contribution in [0.2, 0.25) is 0 Å². The molecule has 5 heteroatoms. The zero-order chi connectivity index (χ0) is 16.3. The summed E-state index contributed by atoms with van der Waals surface area (Å²) in [6.45, 7) is 8.19. The SMILES string of the molecule is CCC(C)(C)C1CCC(CN)(N(C)CCS(C)(=O)=O)CC1. The van der Waals surface area contributed by atoms with Crippen LogP contribution in [0.15, 0.2) is 0 Å². The summed E-state index contributed by atoms with van der Waals surface area (Å²) in [6.07, 6.45) is 7.06. The van der Waals surface area contributed by atoms with Crippen molar-refractivity contribution in [1.82, 2.24) is 4.90 Å². The van der Waals surface area contributed by atoms with Crippen molar-refractivity contribution < 1.29 is 8.42 Å². The van der Waals surface area contributed by atoms with Crippen molar-refractivity contribution in [2.45, 2.75) is 58.4 Å². The molecule has 0 aromatic heterocycles. The Bertz CT molecular complexity index is 424. The number of nitrogens with two attached hydrogens (primary N) is 1. The van der Waals surface area contributed by atoms with Gasteiger partial charge in [-0.05, 0) is 44.1 Å². The van der Waals surface area contributed by atoms with Gasteiger partial charge in [-0.1, -0.05) is 27.2 Å². The van der Waals surface area contributed by atoms with E-state index in [-0.39, 0.29) is 11.3 Å². The minimum absolute atomic E-state index is 0.00892. The lowest BCUT2D eigenvalue weighted by Gasteiger charge is -2.49. The number of nitrogens with zero attached hydrogens (tertiary/aromatic N) is 1. The molecular formula is C16H34N2O2S. The van der Waals surface area contributed by atoms with Gasteiger partial charge >= 0.3 is 0 Å². The van der Waals surface area contributed by atoms with E-state index in [1.54, 1.807) is 0 Å². The summed E-state index contributed by atoms with van der Waals surface area (Å²) < 4.78 is 22.8. The van der Waals surface area contributed by atoms with Crippen LogP contribution in [0.4, 0.5) is 0 Å². The van der Waals surface area contributed by atoms with Crippen LogP contribution in [-0.2, 0) is 9.84 Å². The second-order valence-corrected chi connectivity index (χ2v) is 9.86. The largest absolute Gasteiger partial charge is 0.329 e. The Balaban J connectivity index is 2.68. The van der Waals surface area contributed by atoms with E-state index in [2.05, 4.69) is 25.7 Å². The summed E-state index contributed by atoms with van der Waals surface area (Å²) in [5.41, 5.74) is 6.46. The molecule has 1 aliphatic rings. The second-order valence-electron chi connectivity index (χ2n) is 7.60. The average Bonchev–Trinajstić information content (AvgIpc) is 2.43. The van der Waals surface area contributed by atoms with Gasteiger partial charge < -0.3 is 5.73 Å². The molecule has 126 valence electrons. The molecule has 0 atom stereocenters. The van der Waals surface area contributed by atoms with Gasteiger partial charge in [0.05, 0.1) is 5.75 Å². The normalized spacial score (nSPS) is 28.0. The maximum absolute atomic E-state index is 11.4. The van der Waals surface area contributed by atoms with Gasteiger partial charge in [0.1, 0.15) is 9.84 Å². The first kappa shape index (κ1) is 18.9. The van der Waals surface area contributed by atoms with Crippen molar-refractivity contribution >= 4 is 9.84 Å². The van der Waals surface area contributed by atoms with Crippen LogP contribution in [0.3, 0.4) is 0 Å². The van der Waals surface area contributed by atoms with E-state index in [0.29, 0.717) is 18.5 Å². The highest BCUT2D eigenvalue weighted by atomic mass is 32.2. The predicted octanol–water partition coefficient (Wildman–Crippen LogP) is 2.29. The van der Waals surface area contributed by atoms with Crippen LogP contribution in [0, 0.1) is 11.3 Å². The minimum atomic E-state index is -2.91. The van der Waals surface area contributed by atoms with Crippen LogP contribution in [0.25, 0.3) is 0 Å². The Morgan fingerprint density at radius 1 is 1.29 bits per heavy atom. The zero-order valence-electron chi connectivity index (χ0n) is 14.5. The van der Waals surface area contributed by atoms with E-state index in [9.17, 15) is 8.42 Å². The third-order valence-corrected chi connectivity index (χ3v) is 6.84. The fraction of sp³-hybridized carbons (Fsp3) is 1.00. The number of rotatable bonds is 7. The van der Waals surface area contributed by atoms with Crippen molar-refractivity contribution in [3.63, 3.8) is 0 Å². The zero-order valence-corrected chi connectivity index (χ0v) is 15.3. The van der Waals surface area contributed by atoms with Crippen LogP contribution < -0.4 is 5.73 Å². The topological polar surface area (TPSA) is 63.4 Å². The van der Waals surface area contributed by atoms with Crippen molar-refractivity contribution in [2.24, 2.45) is 17.1 Å². The van der Waals surface area contributed by atoms with E-state index in [4.69, 9.17) is 5.73 Å². The summed E-state index contributed by atoms with van der Waals surface area (Å²) >= 11 is 0. The highest BCUT2D eigenvalue weighted by Gasteiger charge is 2.41. The third-order valence-electron chi connectivity index (χ3n) is 5.92. The monoisotopic (exact) mass is 318 g/mol. The molecule has 21 heavy (non-hydrogen) atoms. The predicted molar refractivity (Wildman–Crippen MR) is 90.2 cm³/mol. The lowest BCUT2D eigenvalue weighted by molar-refractivity contribution is 0.0357. The number of hydrogen-bond donors (Lipinski definition) is 1. The van der Waals surface area contributed by atoms with Crippen LogP contribution in [-0.4, -0.2) is 51.0 Å². The summed E-state index contributed by atoms with van der Waals surface area (Å²) in [6, 6.07) is 0. The fourth-order valence-corrected chi connectivity index (χ4v) is 4.11. The molecule has 0 aliphatic heterocycles. The molecule has 0 spiro atoms. The lowest BCUT2D eigenvalue weighted by atomic mass is 9.65. The Labute approximate surface area is 131 Å². The first-order valence-corrected chi connectivity index (χ1v) is 10.2. The quantitative estimate of drug-likeness (QED) is 0.782. The fourth-order valence-electron chi connectivity index (χ4n) is 3.51. The van der Waals surface area contributed by atoms with Gasteiger partial charge in [-0.2, -0.15) is 0 Å². The molecular weight excluding hydrogens is 284 g/mol. The number of sulfone groups is 1. The first-order chi connectivity index (χ1) is 9.56. The van der Waals surface area contributed by atoms with Gasteiger partial charge in [0.2, 0.25) is 0 Å². The van der Waals surface area contributed by atoms with Gasteiger partial charge in [-0.15, -0.1) is 0 Å². The Hall–Kier alpha value is -0.130. The molecule has 0 radical (unpaired) electrons. The van der Waals surface area contributed by atoms with Crippen molar-refractivity contribution in [3.8, 4) is 0 Å². The Kier molecular flexibility index (Phi) is 6.28. The summed E-state index contributed by atoms with van der Waals surface area (Å²) in [4.78, 5) is 2.20. The summed E-state index contributed by atoms with van der Waals surface area (Å²) in [5, 5.41) is 0. The molecule has 0 amide bonds. The van der Waals surface area contributed by atoms with Gasteiger partial charge in [-0.25, -0.2) is 8.42 Å². The minimum Gasteiger partial charge on any atom is -0.329 e. The number of likely N-dealkylation sites (N-methyl/N-ethyl adjacent to an activating group) is 1. The molecule has 0 unspecified atom stereocenters. The van der Waals surface area contributed by atoms with E-state index in [0.717, 1.165) is 18.8 Å². The third kappa shape index (κ3) is 4.93. The van der Waals surface area contributed by atoms with Crippen LogP contribution in [0.5, 0.6) is 0 Å². The Morgan fingerprint density at radius 2 is 1.81 bits per heavy atom. The smallest absolute Gasteiger partial charge is 0.148 e. The van der Waals surface area contributed by atoms with E-state index >= 15 is 0 Å². The molecule has 2 N–H and O–H groups in total. The van der Waals surface area contributed by atoms with Crippen molar-refractivity contribution in [2.75, 3.05) is 32.1 Å². The van der Waals surface area contributed by atoms with Crippen molar-refractivity contribution in [3.05, 3.63) is 0 Å². The highest BCUT2D eigenvalue weighted by molar-refractivity contribution is 7.90. The van der Waals surface area contributed by atoms with Crippen LogP contribution in [0.1, 0.15) is 52.9 Å². The molecule has 1 rings (SSSR count). The van der Waals surface area contributed by atoms with Gasteiger partial charge in [0.25, 0.3) is 0 Å². The van der Waals surface area contributed by atoms with Crippen molar-refractivity contribution in [1.29, 1.82) is 0 Å². The molecule has 1 fully saturated rings. The molecule has 4 nitrogen and oxygen atoms in total. The molecule has 0 saturated heterocycles. The first-order valence-electron chi connectivity index (χ1n) is 8.15. The van der Waals surface area contributed by atoms with E-state index in [1.807, 2.05) is 7.05 Å². The van der Waals surface area contributed by atoms with Gasteiger partial charge in [-0.3, -0.25) is 4.90 Å². The molecule has 0 heterocycles. The van der Waals surface area contributed by atoms with Gasteiger partial charge in [0.15, 0.2) is 0 Å². The number of hydrogen-bond acceptors (Lipinski definition) is 4. The molecule has 0 bridgehead atoms. The maximum atomic E-state index is 11.4. The highest BCUT2D eigenvalue weighted by Crippen LogP contribution is 2.44. The van der Waals surface area contributed by atoms with E-state index < -0.39 is 9.84 Å². The molecule has 0 aromatic rings. The standard InChI is InChI=1S/C16H34N2O2S/c1-6-15(2,3)14-7-9-16(13-17,10-8-14)18(4)11-12-21(5,19)20/h14H,6-13,17H2,1-5H3. The Morgan fingerprint density at radius 3 is 2.19 bits per heavy atom. The summed E-state index contributed by atoms with van der Waals surface area (Å²) in [5.74, 6) is 0.972. The molecule has 0 aromatic carbocycles. The van der Waals surface area contributed by atoms with E-state index in [1.165, 1.54) is 25.5 Å². The lowest BCUT2D eigenvalue weighted by Crippen LogP contribution is -2.55.